The van der Waals surface area contributed by atoms with Gasteiger partial charge in [0, 0.05) is 36.3 Å². The lowest BCUT2D eigenvalue weighted by atomic mass is 9.92. The SMILES string of the molecule is COC1(I)CC=C(C(=O)Nc2cccnc2)c2c1oc1ccccc21. The Balaban J connectivity index is 1.82. The summed E-state index contributed by atoms with van der Waals surface area (Å²) in [6, 6.07) is 11.3. The molecule has 1 aliphatic carbocycles. The van der Waals surface area contributed by atoms with E-state index in [2.05, 4.69) is 32.9 Å². The van der Waals surface area contributed by atoms with E-state index >= 15 is 0 Å². The number of amides is 1. The van der Waals surface area contributed by atoms with E-state index in [1.54, 1.807) is 31.6 Å². The molecule has 1 atom stereocenters. The first-order valence-corrected chi connectivity index (χ1v) is 8.88. The third kappa shape index (κ3) is 2.75. The number of hydrogen-bond donors (Lipinski definition) is 1. The number of carbonyl (C=O) groups is 1. The summed E-state index contributed by atoms with van der Waals surface area (Å²) >= 11 is 2.24. The second-order valence-corrected chi connectivity index (χ2v) is 7.50. The van der Waals surface area contributed by atoms with Crippen molar-refractivity contribution in [3.63, 3.8) is 0 Å². The molecular weight excluding hydrogens is 431 g/mol. The number of aromatic nitrogens is 1. The number of fused-ring (bicyclic) bond motifs is 3. The van der Waals surface area contributed by atoms with E-state index in [1.807, 2.05) is 30.3 Å². The Hall–Kier alpha value is -2.19. The molecule has 6 heteroatoms. The Morgan fingerprint density at radius 2 is 2.16 bits per heavy atom. The predicted octanol–water partition coefficient (Wildman–Crippen LogP) is 4.49. The molecule has 0 spiro atoms. The van der Waals surface area contributed by atoms with Crippen LogP contribution in [0, 0.1) is 0 Å². The second kappa shape index (κ2) is 6.27. The topological polar surface area (TPSA) is 64.4 Å². The summed E-state index contributed by atoms with van der Waals surface area (Å²) in [5, 5.41) is 3.80. The minimum absolute atomic E-state index is 0.185. The zero-order valence-electron chi connectivity index (χ0n) is 13.5. The van der Waals surface area contributed by atoms with Crippen LogP contribution in [0.25, 0.3) is 16.5 Å². The van der Waals surface area contributed by atoms with Crippen molar-refractivity contribution in [3.8, 4) is 0 Å². The maximum absolute atomic E-state index is 12.9. The van der Waals surface area contributed by atoms with Crippen LogP contribution in [0.4, 0.5) is 5.69 Å². The Morgan fingerprint density at radius 1 is 1.32 bits per heavy atom. The van der Waals surface area contributed by atoms with Crippen LogP contribution >= 0.6 is 22.6 Å². The smallest absolute Gasteiger partial charge is 0.256 e. The highest BCUT2D eigenvalue weighted by Crippen LogP contribution is 2.48. The van der Waals surface area contributed by atoms with Gasteiger partial charge in [-0.25, -0.2) is 0 Å². The largest absolute Gasteiger partial charge is 0.456 e. The second-order valence-electron chi connectivity index (χ2n) is 5.75. The summed E-state index contributed by atoms with van der Waals surface area (Å²) in [6.07, 6.45) is 5.74. The summed E-state index contributed by atoms with van der Waals surface area (Å²) < 4.78 is 11.1. The Bertz CT molecular complexity index is 981. The number of benzene rings is 1. The Kier molecular flexibility index (Phi) is 4.09. The van der Waals surface area contributed by atoms with Crippen molar-refractivity contribution in [2.75, 3.05) is 12.4 Å². The van der Waals surface area contributed by atoms with Gasteiger partial charge in [-0.05, 0) is 40.8 Å². The van der Waals surface area contributed by atoms with E-state index in [-0.39, 0.29) is 5.91 Å². The highest BCUT2D eigenvalue weighted by atomic mass is 127. The molecule has 126 valence electrons. The van der Waals surface area contributed by atoms with Gasteiger partial charge in [-0.2, -0.15) is 0 Å². The maximum Gasteiger partial charge on any atom is 0.256 e. The van der Waals surface area contributed by atoms with Gasteiger partial charge in [-0.3, -0.25) is 9.78 Å². The van der Waals surface area contributed by atoms with Crippen molar-refractivity contribution in [3.05, 3.63) is 66.2 Å². The number of methoxy groups -OCH3 is 1. The molecule has 1 N–H and O–H groups in total. The van der Waals surface area contributed by atoms with E-state index in [9.17, 15) is 4.79 Å². The van der Waals surface area contributed by atoms with Crippen LogP contribution in [0.3, 0.4) is 0 Å². The molecule has 0 fully saturated rings. The standard InChI is InChI=1S/C19H15IN2O3/c1-24-19(20)9-8-14(18(23)22-12-5-4-10-21-11-12)16-13-6-2-3-7-15(13)25-17(16)19/h2-8,10-11H,9H2,1H3,(H,22,23). The van der Waals surface area contributed by atoms with Gasteiger partial charge in [0.25, 0.3) is 5.91 Å². The summed E-state index contributed by atoms with van der Waals surface area (Å²) in [5.74, 6) is 0.492. The molecule has 0 aliphatic heterocycles. The molecule has 2 aromatic heterocycles. The molecule has 25 heavy (non-hydrogen) atoms. The van der Waals surface area contributed by atoms with E-state index in [4.69, 9.17) is 9.15 Å². The van der Waals surface area contributed by atoms with Crippen molar-refractivity contribution in [1.82, 2.24) is 4.98 Å². The zero-order valence-corrected chi connectivity index (χ0v) is 15.6. The molecule has 0 bridgehead atoms. The van der Waals surface area contributed by atoms with Crippen molar-refractivity contribution in [1.29, 1.82) is 0 Å². The van der Waals surface area contributed by atoms with Gasteiger partial charge in [0.2, 0.25) is 0 Å². The summed E-state index contributed by atoms with van der Waals surface area (Å²) in [4.78, 5) is 16.9. The normalized spacial score (nSPS) is 19.4. The average molecular weight is 446 g/mol. The van der Waals surface area contributed by atoms with E-state index < -0.39 is 3.61 Å². The van der Waals surface area contributed by atoms with Gasteiger partial charge in [-0.15, -0.1) is 0 Å². The first-order valence-electron chi connectivity index (χ1n) is 7.80. The quantitative estimate of drug-likeness (QED) is 0.476. The number of rotatable bonds is 3. The lowest BCUT2D eigenvalue weighted by molar-refractivity contribution is -0.111. The molecule has 4 rings (SSSR count). The lowest BCUT2D eigenvalue weighted by Crippen LogP contribution is -2.26. The van der Waals surface area contributed by atoms with Crippen molar-refractivity contribution < 1.29 is 13.9 Å². The molecule has 0 saturated heterocycles. The fraction of sp³-hybridized carbons (Fsp3) is 0.158. The Labute approximate surface area is 158 Å². The molecule has 1 unspecified atom stereocenters. The number of halogens is 1. The zero-order chi connectivity index (χ0) is 17.4. The molecule has 1 amide bonds. The van der Waals surface area contributed by atoms with Gasteiger partial charge < -0.3 is 14.5 Å². The number of nitrogens with one attached hydrogen (secondary N) is 1. The first kappa shape index (κ1) is 16.3. The number of furan rings is 1. The maximum atomic E-state index is 12.9. The van der Waals surface area contributed by atoms with E-state index in [0.29, 0.717) is 23.4 Å². The third-order valence-electron chi connectivity index (χ3n) is 4.26. The highest BCUT2D eigenvalue weighted by molar-refractivity contribution is 14.1. The number of pyridine rings is 1. The number of alkyl halides is 1. The van der Waals surface area contributed by atoms with Crippen LogP contribution in [-0.4, -0.2) is 18.0 Å². The summed E-state index contributed by atoms with van der Waals surface area (Å²) in [6.45, 7) is 0. The van der Waals surface area contributed by atoms with E-state index in [0.717, 1.165) is 16.5 Å². The first-order chi connectivity index (χ1) is 12.1. The van der Waals surface area contributed by atoms with Gasteiger partial charge in [-0.1, -0.05) is 24.3 Å². The molecule has 5 nitrogen and oxygen atoms in total. The minimum atomic E-state index is -0.621. The van der Waals surface area contributed by atoms with Crippen LogP contribution in [0.5, 0.6) is 0 Å². The van der Waals surface area contributed by atoms with Crippen LogP contribution < -0.4 is 5.32 Å². The fourth-order valence-electron chi connectivity index (χ4n) is 3.02. The molecule has 1 aromatic carbocycles. The predicted molar refractivity (Wildman–Crippen MR) is 104 cm³/mol. The summed E-state index contributed by atoms with van der Waals surface area (Å²) in [5.41, 5.74) is 2.78. The van der Waals surface area contributed by atoms with Gasteiger partial charge in [0.1, 0.15) is 5.58 Å². The molecule has 0 radical (unpaired) electrons. The van der Waals surface area contributed by atoms with Crippen molar-refractivity contribution >= 4 is 50.7 Å². The Morgan fingerprint density at radius 3 is 2.92 bits per heavy atom. The van der Waals surface area contributed by atoms with Crippen LogP contribution in [-0.2, 0) is 13.1 Å². The number of para-hydroxylation sites is 1. The van der Waals surface area contributed by atoms with Crippen molar-refractivity contribution in [2.24, 2.45) is 0 Å². The number of anilines is 1. The van der Waals surface area contributed by atoms with Crippen LogP contribution in [0.2, 0.25) is 0 Å². The van der Waals surface area contributed by atoms with Gasteiger partial charge in [0.05, 0.1) is 11.9 Å². The van der Waals surface area contributed by atoms with Crippen LogP contribution in [0.1, 0.15) is 17.7 Å². The molecule has 1 aliphatic rings. The number of ether oxygens (including phenoxy) is 1. The highest BCUT2D eigenvalue weighted by Gasteiger charge is 2.41. The number of hydrogen-bond acceptors (Lipinski definition) is 4. The molecule has 3 aromatic rings. The van der Waals surface area contributed by atoms with Gasteiger partial charge in [0.15, 0.2) is 9.37 Å². The summed E-state index contributed by atoms with van der Waals surface area (Å²) in [7, 11) is 1.65. The third-order valence-corrected chi connectivity index (χ3v) is 5.63. The lowest BCUT2D eigenvalue weighted by Gasteiger charge is -2.28. The average Bonchev–Trinajstić information content (AvgIpc) is 3.04. The van der Waals surface area contributed by atoms with E-state index in [1.165, 1.54) is 0 Å². The monoisotopic (exact) mass is 446 g/mol. The number of carbonyl (C=O) groups excluding carboxylic acids is 1. The van der Waals surface area contributed by atoms with Gasteiger partial charge >= 0.3 is 0 Å². The van der Waals surface area contributed by atoms with Crippen LogP contribution in [0.15, 0.2) is 59.3 Å². The minimum Gasteiger partial charge on any atom is -0.456 e. The fourth-order valence-corrected chi connectivity index (χ4v) is 3.62. The number of nitrogens with zero attached hydrogens (tertiary/aromatic N) is 1. The molecule has 2 heterocycles. The van der Waals surface area contributed by atoms with Crippen molar-refractivity contribution in [2.45, 2.75) is 10.0 Å². The molecule has 0 saturated carbocycles. The molecular formula is C19H15IN2O3.